The molecule has 1 aliphatic rings. The molecule has 4 N–H and O–H groups in total. The largest absolute Gasteiger partial charge is 0.416 e. The van der Waals surface area contributed by atoms with Crippen molar-refractivity contribution in [3.63, 3.8) is 0 Å². The fourth-order valence-electron chi connectivity index (χ4n) is 5.28. The summed E-state index contributed by atoms with van der Waals surface area (Å²) in [4.78, 5) is 42.8. The number of nitrogens with zero attached hydrogens (tertiary/aromatic N) is 1. The Morgan fingerprint density at radius 3 is 2.12 bits per heavy atom. The van der Waals surface area contributed by atoms with E-state index >= 15 is 0 Å². The number of alkyl halides is 3. The van der Waals surface area contributed by atoms with Gasteiger partial charge in [0.1, 0.15) is 0 Å². The molecule has 0 saturated carbocycles. The zero-order chi connectivity index (χ0) is 31.4. The van der Waals surface area contributed by atoms with E-state index in [0.29, 0.717) is 30.0 Å². The molecule has 3 aromatic carbocycles. The van der Waals surface area contributed by atoms with Crippen LogP contribution >= 0.6 is 0 Å². The van der Waals surface area contributed by atoms with Crippen LogP contribution in [0.1, 0.15) is 42.0 Å². The summed E-state index contributed by atoms with van der Waals surface area (Å²) in [6, 6.07) is 16.4. The molecule has 0 fully saturated rings. The Bertz CT molecular complexity index is 1460. The zero-order valence-corrected chi connectivity index (χ0v) is 23.9. The van der Waals surface area contributed by atoms with Crippen molar-refractivity contribution in [1.82, 2.24) is 5.32 Å². The van der Waals surface area contributed by atoms with Crippen LogP contribution in [0.15, 0.2) is 72.8 Å². The predicted octanol–water partition coefficient (Wildman–Crippen LogP) is 5.05. The molecule has 4 rings (SSSR count). The van der Waals surface area contributed by atoms with Crippen molar-refractivity contribution in [2.24, 2.45) is 5.73 Å². The molecule has 228 valence electrons. The number of rotatable bonds is 11. The molecule has 1 aliphatic heterocycles. The number of primary amides is 1. The van der Waals surface area contributed by atoms with E-state index < -0.39 is 47.3 Å². The summed E-state index contributed by atoms with van der Waals surface area (Å²) in [6.45, 7) is 5.98. The molecule has 2 atom stereocenters. The predicted molar refractivity (Wildman–Crippen MR) is 154 cm³/mol. The Morgan fingerprint density at radius 1 is 0.953 bits per heavy atom. The van der Waals surface area contributed by atoms with Gasteiger partial charge in [0.2, 0.25) is 5.91 Å². The van der Waals surface area contributed by atoms with Crippen molar-refractivity contribution in [1.29, 1.82) is 0 Å². The van der Waals surface area contributed by atoms with Crippen molar-refractivity contribution in [3.8, 4) is 0 Å². The Labute approximate surface area is 247 Å². The van der Waals surface area contributed by atoms with Gasteiger partial charge in [0, 0.05) is 24.5 Å². The lowest BCUT2D eigenvalue weighted by molar-refractivity contribution is -0.139. The number of hydrogen-bond acceptors (Lipinski definition) is 5. The van der Waals surface area contributed by atoms with E-state index in [1.807, 2.05) is 6.92 Å². The minimum absolute atomic E-state index is 0.0370. The SMILES string of the molecule is CCOC(CN1C(=O)C(NC(=O)Nc2ccc(C(F)(F)F)cc2)(C(C(N)=O)c2ccc(C)cc2)c2ccccc21)OCC. The van der Waals surface area contributed by atoms with Crippen LogP contribution in [0.25, 0.3) is 0 Å². The smallest absolute Gasteiger partial charge is 0.369 e. The van der Waals surface area contributed by atoms with Gasteiger partial charge in [0.25, 0.3) is 5.91 Å². The van der Waals surface area contributed by atoms with E-state index in [2.05, 4.69) is 10.6 Å². The molecule has 43 heavy (non-hydrogen) atoms. The molecule has 0 radical (unpaired) electrons. The number of ether oxygens (including phenoxy) is 2. The van der Waals surface area contributed by atoms with Crippen LogP contribution in [0.2, 0.25) is 0 Å². The van der Waals surface area contributed by atoms with Gasteiger partial charge in [-0.25, -0.2) is 4.79 Å². The molecule has 0 aliphatic carbocycles. The molecule has 2 unspecified atom stereocenters. The number of anilines is 2. The minimum Gasteiger partial charge on any atom is -0.369 e. The quantitative estimate of drug-likeness (QED) is 0.267. The van der Waals surface area contributed by atoms with Crippen molar-refractivity contribution >= 4 is 29.2 Å². The second kappa shape index (κ2) is 12.8. The Balaban J connectivity index is 1.82. The Kier molecular flexibility index (Phi) is 9.41. The van der Waals surface area contributed by atoms with Gasteiger partial charge in [-0.05, 0) is 56.7 Å². The number of nitrogens with one attached hydrogen (secondary N) is 2. The second-order valence-electron chi connectivity index (χ2n) is 9.98. The van der Waals surface area contributed by atoms with Crippen molar-refractivity contribution < 1.29 is 37.0 Å². The first-order valence-corrected chi connectivity index (χ1v) is 13.7. The van der Waals surface area contributed by atoms with Gasteiger partial charge in [-0.2, -0.15) is 13.2 Å². The van der Waals surface area contributed by atoms with Crippen LogP contribution in [0, 0.1) is 6.92 Å². The molecule has 3 aromatic rings. The number of halogens is 3. The highest BCUT2D eigenvalue weighted by Crippen LogP contribution is 2.48. The Hall–Kier alpha value is -4.42. The highest BCUT2D eigenvalue weighted by molar-refractivity contribution is 6.13. The number of aryl methyl sites for hydroxylation is 1. The van der Waals surface area contributed by atoms with E-state index in [1.165, 1.54) is 4.90 Å². The second-order valence-corrected chi connectivity index (χ2v) is 9.98. The first-order valence-electron chi connectivity index (χ1n) is 13.7. The molecule has 4 amide bonds. The summed E-state index contributed by atoms with van der Waals surface area (Å²) in [5.74, 6) is -2.91. The van der Waals surface area contributed by atoms with Gasteiger partial charge in [-0.1, -0.05) is 48.0 Å². The van der Waals surface area contributed by atoms with Gasteiger partial charge in [0.15, 0.2) is 11.8 Å². The standard InChI is InChI=1S/C31H33F3N4O5/c1-4-42-25(43-5-2)18-38-24-9-7-6-8-23(24)30(28(38)40,26(27(35)39)20-12-10-19(3)11-13-20)37-29(41)36-22-16-14-21(15-17-22)31(32,33)34/h6-17,25-26H,4-5,18H2,1-3H3,(H2,35,39)(H2,36,37,41). The maximum absolute atomic E-state index is 14.6. The monoisotopic (exact) mass is 598 g/mol. The van der Waals surface area contributed by atoms with Crippen molar-refractivity contribution in [3.05, 3.63) is 95.1 Å². The maximum Gasteiger partial charge on any atom is 0.416 e. The first kappa shape index (κ1) is 31.5. The van der Waals surface area contributed by atoms with Gasteiger partial charge in [0.05, 0.1) is 23.7 Å². The fraction of sp³-hybridized carbons (Fsp3) is 0.323. The van der Waals surface area contributed by atoms with Crippen LogP contribution in [-0.2, 0) is 30.8 Å². The van der Waals surface area contributed by atoms with Crippen LogP contribution < -0.4 is 21.3 Å². The molecule has 0 spiro atoms. The summed E-state index contributed by atoms with van der Waals surface area (Å²) in [6.07, 6.45) is -5.37. The van der Waals surface area contributed by atoms with E-state index in [4.69, 9.17) is 15.2 Å². The molecule has 0 bridgehead atoms. The number of nitrogens with two attached hydrogens (primary N) is 1. The molecule has 0 aromatic heterocycles. The van der Waals surface area contributed by atoms with Crippen molar-refractivity contribution in [2.45, 2.75) is 44.7 Å². The highest BCUT2D eigenvalue weighted by atomic mass is 19.4. The van der Waals surface area contributed by atoms with Crippen LogP contribution in [0.5, 0.6) is 0 Å². The molecule has 0 saturated heterocycles. The average Bonchev–Trinajstić information content (AvgIpc) is 3.17. The third-order valence-corrected chi connectivity index (χ3v) is 7.15. The number of amides is 4. The first-order chi connectivity index (χ1) is 20.4. The number of benzene rings is 3. The maximum atomic E-state index is 14.6. The molecule has 1 heterocycles. The summed E-state index contributed by atoms with van der Waals surface area (Å²) in [5.41, 5.74) is 5.08. The summed E-state index contributed by atoms with van der Waals surface area (Å²) in [5, 5.41) is 5.19. The number of carbonyl (C=O) groups excluding carboxylic acids is 3. The number of urea groups is 1. The highest BCUT2D eigenvalue weighted by Gasteiger charge is 2.59. The van der Waals surface area contributed by atoms with Crippen molar-refractivity contribution in [2.75, 3.05) is 30.0 Å². The summed E-state index contributed by atoms with van der Waals surface area (Å²) < 4.78 is 50.5. The lowest BCUT2D eigenvalue weighted by Crippen LogP contribution is -2.60. The van der Waals surface area contributed by atoms with E-state index in [9.17, 15) is 27.6 Å². The van der Waals surface area contributed by atoms with Crippen LogP contribution in [0.4, 0.5) is 29.3 Å². The minimum atomic E-state index is -4.56. The number of hydrogen-bond donors (Lipinski definition) is 3. The lowest BCUT2D eigenvalue weighted by Gasteiger charge is -2.36. The van der Waals surface area contributed by atoms with Gasteiger partial charge >= 0.3 is 12.2 Å². The van der Waals surface area contributed by atoms with Gasteiger partial charge in [-0.15, -0.1) is 0 Å². The molecular formula is C31H33F3N4O5. The lowest BCUT2D eigenvalue weighted by atomic mass is 9.74. The summed E-state index contributed by atoms with van der Waals surface area (Å²) >= 11 is 0. The fourth-order valence-corrected chi connectivity index (χ4v) is 5.28. The average molecular weight is 599 g/mol. The molecular weight excluding hydrogens is 565 g/mol. The third-order valence-electron chi connectivity index (χ3n) is 7.15. The topological polar surface area (TPSA) is 123 Å². The van der Waals surface area contributed by atoms with Crippen LogP contribution in [0.3, 0.4) is 0 Å². The van der Waals surface area contributed by atoms with Gasteiger partial charge in [-0.3, -0.25) is 9.59 Å². The molecule has 12 heteroatoms. The number of fused-ring (bicyclic) bond motifs is 1. The van der Waals surface area contributed by atoms with Crippen LogP contribution in [-0.4, -0.2) is 43.9 Å². The number of carbonyl (C=O) groups is 3. The summed E-state index contributed by atoms with van der Waals surface area (Å²) in [7, 11) is 0. The Morgan fingerprint density at radius 2 is 1.56 bits per heavy atom. The number of para-hydroxylation sites is 1. The van der Waals surface area contributed by atoms with E-state index in [-0.39, 0.29) is 12.2 Å². The molecule has 9 nitrogen and oxygen atoms in total. The van der Waals surface area contributed by atoms with E-state index in [0.717, 1.165) is 29.8 Å². The van der Waals surface area contributed by atoms with Gasteiger partial charge < -0.3 is 30.7 Å². The zero-order valence-electron chi connectivity index (χ0n) is 23.9. The van der Waals surface area contributed by atoms with E-state index in [1.54, 1.807) is 62.4 Å². The third kappa shape index (κ3) is 6.50. The normalized spacial score (nSPS) is 17.1.